The van der Waals surface area contributed by atoms with Crippen LogP contribution in [0.4, 0.5) is 0 Å². The molecule has 1 aliphatic rings. The third kappa shape index (κ3) is 3.21. The largest absolute Gasteiger partial charge is 0.0984 e. The summed E-state index contributed by atoms with van der Waals surface area (Å²) >= 11 is 0. The molecule has 0 unspecified atom stereocenters. The first-order valence-electron chi connectivity index (χ1n) is 5.08. The predicted octanol–water partition coefficient (Wildman–Crippen LogP) is 4.34. The van der Waals surface area contributed by atoms with Crippen molar-refractivity contribution in [1.82, 2.24) is 0 Å². The van der Waals surface area contributed by atoms with Gasteiger partial charge < -0.3 is 0 Å². The van der Waals surface area contributed by atoms with Gasteiger partial charge in [0.25, 0.3) is 0 Å². The van der Waals surface area contributed by atoms with Crippen LogP contribution in [0.2, 0.25) is 0 Å². The molecule has 0 saturated carbocycles. The summed E-state index contributed by atoms with van der Waals surface area (Å²) in [6, 6.07) is 0. The maximum absolute atomic E-state index is 3.84. The van der Waals surface area contributed by atoms with Gasteiger partial charge in [-0.2, -0.15) is 0 Å². The van der Waals surface area contributed by atoms with Gasteiger partial charge in [0.1, 0.15) is 0 Å². The highest BCUT2D eigenvalue weighted by Crippen LogP contribution is 2.18. The SMILES string of the molecule is C=C/C(=C\C=C(C)C)C1=CCCC=C1. The lowest BCUT2D eigenvalue weighted by Crippen LogP contribution is -1.87. The fourth-order valence-electron chi connectivity index (χ4n) is 1.37. The Balaban J connectivity index is 2.86. The molecule has 0 amide bonds. The van der Waals surface area contributed by atoms with Gasteiger partial charge in [-0.25, -0.2) is 0 Å². The zero-order valence-electron chi connectivity index (χ0n) is 9.09. The summed E-state index contributed by atoms with van der Waals surface area (Å²) < 4.78 is 0. The molecular formula is C14H18. The Bertz CT molecular complexity index is 318. The molecule has 0 N–H and O–H groups in total. The van der Waals surface area contributed by atoms with Crippen molar-refractivity contribution >= 4 is 0 Å². The molecule has 0 aromatic rings. The van der Waals surface area contributed by atoms with Crippen LogP contribution < -0.4 is 0 Å². The smallest absolute Gasteiger partial charge is 0.0193 e. The summed E-state index contributed by atoms with van der Waals surface area (Å²) in [5.74, 6) is 0. The van der Waals surface area contributed by atoms with Gasteiger partial charge in [-0.15, -0.1) is 0 Å². The quantitative estimate of drug-likeness (QED) is 0.575. The average Bonchev–Trinajstić information content (AvgIpc) is 2.20. The molecule has 0 radical (unpaired) electrons. The normalized spacial score (nSPS) is 16.1. The van der Waals surface area contributed by atoms with Crippen LogP contribution in [-0.4, -0.2) is 0 Å². The van der Waals surface area contributed by atoms with Gasteiger partial charge in [0, 0.05) is 0 Å². The summed E-state index contributed by atoms with van der Waals surface area (Å²) in [6.45, 7) is 8.04. The highest BCUT2D eigenvalue weighted by molar-refractivity contribution is 5.48. The summed E-state index contributed by atoms with van der Waals surface area (Å²) in [5, 5.41) is 0. The van der Waals surface area contributed by atoms with Crippen LogP contribution in [0.15, 0.2) is 59.8 Å². The lowest BCUT2D eigenvalue weighted by Gasteiger charge is -2.07. The molecule has 0 fully saturated rings. The Kier molecular flexibility index (Phi) is 4.18. The molecule has 0 heteroatoms. The van der Waals surface area contributed by atoms with Crippen molar-refractivity contribution in [3.05, 3.63) is 59.8 Å². The molecule has 0 aliphatic heterocycles. The first-order valence-corrected chi connectivity index (χ1v) is 5.08. The van der Waals surface area contributed by atoms with Crippen molar-refractivity contribution < 1.29 is 0 Å². The minimum atomic E-state index is 1.14. The second kappa shape index (κ2) is 5.43. The Morgan fingerprint density at radius 2 is 2.07 bits per heavy atom. The van der Waals surface area contributed by atoms with Gasteiger partial charge in [-0.3, -0.25) is 0 Å². The first-order chi connectivity index (χ1) is 6.74. The monoisotopic (exact) mass is 186 g/mol. The van der Waals surface area contributed by atoms with E-state index in [1.165, 1.54) is 16.7 Å². The van der Waals surface area contributed by atoms with E-state index < -0.39 is 0 Å². The van der Waals surface area contributed by atoms with E-state index in [2.05, 4.69) is 50.8 Å². The second-order valence-electron chi connectivity index (χ2n) is 3.71. The third-order valence-corrected chi connectivity index (χ3v) is 2.14. The molecule has 74 valence electrons. The van der Waals surface area contributed by atoms with E-state index in [-0.39, 0.29) is 0 Å². The molecule has 0 aromatic heterocycles. The fraction of sp³-hybridized carbons (Fsp3) is 0.286. The number of allylic oxidation sites excluding steroid dienone is 9. The molecule has 0 aromatic carbocycles. The summed E-state index contributed by atoms with van der Waals surface area (Å²) in [6.07, 6.45) is 15.1. The van der Waals surface area contributed by atoms with Gasteiger partial charge >= 0.3 is 0 Å². The van der Waals surface area contributed by atoms with E-state index >= 15 is 0 Å². The molecule has 0 saturated heterocycles. The second-order valence-corrected chi connectivity index (χ2v) is 3.71. The van der Waals surface area contributed by atoms with Crippen LogP contribution in [-0.2, 0) is 0 Å². The molecule has 0 spiro atoms. The van der Waals surface area contributed by atoms with Crippen LogP contribution in [0.5, 0.6) is 0 Å². The molecule has 1 aliphatic carbocycles. The average molecular weight is 186 g/mol. The molecule has 14 heavy (non-hydrogen) atoms. The van der Waals surface area contributed by atoms with Crippen molar-refractivity contribution in [2.75, 3.05) is 0 Å². The lowest BCUT2D eigenvalue weighted by molar-refractivity contribution is 1.02. The maximum Gasteiger partial charge on any atom is -0.0193 e. The van der Waals surface area contributed by atoms with E-state index in [0.717, 1.165) is 12.8 Å². The van der Waals surface area contributed by atoms with Crippen LogP contribution in [0.3, 0.4) is 0 Å². The molecule has 0 bridgehead atoms. The van der Waals surface area contributed by atoms with Gasteiger partial charge in [-0.1, -0.05) is 48.6 Å². The topological polar surface area (TPSA) is 0 Å². The maximum atomic E-state index is 3.84. The van der Waals surface area contributed by atoms with E-state index in [9.17, 15) is 0 Å². The van der Waals surface area contributed by atoms with Gasteiger partial charge in [0.15, 0.2) is 0 Å². The lowest BCUT2D eigenvalue weighted by atomic mass is 9.99. The van der Waals surface area contributed by atoms with Crippen molar-refractivity contribution in [2.45, 2.75) is 26.7 Å². The number of rotatable bonds is 3. The van der Waals surface area contributed by atoms with Crippen LogP contribution in [0, 0.1) is 0 Å². The summed E-state index contributed by atoms with van der Waals surface area (Å²) in [7, 11) is 0. The standard InChI is InChI=1S/C14H18/c1-4-13(11-10-12(2)3)14-8-6-5-7-9-14/h4,6,8-11H,1,5,7H2,2-3H3/b13-11+. The Labute approximate surface area is 87.0 Å². The predicted molar refractivity (Wildman–Crippen MR) is 64.2 cm³/mol. The minimum Gasteiger partial charge on any atom is -0.0984 e. The van der Waals surface area contributed by atoms with Gasteiger partial charge in [0.2, 0.25) is 0 Å². The van der Waals surface area contributed by atoms with Crippen molar-refractivity contribution in [3.8, 4) is 0 Å². The van der Waals surface area contributed by atoms with E-state index in [0.29, 0.717) is 0 Å². The van der Waals surface area contributed by atoms with Crippen LogP contribution >= 0.6 is 0 Å². The summed E-state index contributed by atoms with van der Waals surface area (Å²) in [5.41, 5.74) is 3.82. The molecule has 0 heterocycles. The van der Waals surface area contributed by atoms with Crippen molar-refractivity contribution in [2.24, 2.45) is 0 Å². The van der Waals surface area contributed by atoms with E-state index in [4.69, 9.17) is 0 Å². The molecule has 0 nitrogen and oxygen atoms in total. The highest BCUT2D eigenvalue weighted by atomic mass is 14.0. The van der Waals surface area contributed by atoms with E-state index in [1.807, 2.05) is 6.08 Å². The van der Waals surface area contributed by atoms with Gasteiger partial charge in [-0.05, 0) is 37.8 Å². The van der Waals surface area contributed by atoms with Crippen molar-refractivity contribution in [3.63, 3.8) is 0 Å². The van der Waals surface area contributed by atoms with Crippen molar-refractivity contribution in [1.29, 1.82) is 0 Å². The number of hydrogen-bond donors (Lipinski definition) is 0. The number of hydrogen-bond acceptors (Lipinski definition) is 0. The Morgan fingerprint density at radius 3 is 2.57 bits per heavy atom. The van der Waals surface area contributed by atoms with Crippen LogP contribution in [0.1, 0.15) is 26.7 Å². The minimum absolute atomic E-state index is 1.14. The Hall–Kier alpha value is -1.30. The zero-order chi connectivity index (χ0) is 10.4. The molecular weight excluding hydrogens is 168 g/mol. The molecule has 0 atom stereocenters. The third-order valence-electron chi connectivity index (χ3n) is 2.14. The molecule has 1 rings (SSSR count). The van der Waals surface area contributed by atoms with Gasteiger partial charge in [0.05, 0.1) is 0 Å². The summed E-state index contributed by atoms with van der Waals surface area (Å²) in [4.78, 5) is 0. The van der Waals surface area contributed by atoms with E-state index in [1.54, 1.807) is 0 Å². The first kappa shape index (κ1) is 10.8. The zero-order valence-corrected chi connectivity index (χ0v) is 9.09. The Morgan fingerprint density at radius 1 is 1.29 bits per heavy atom. The highest BCUT2D eigenvalue weighted by Gasteiger charge is 1.99. The fourth-order valence-corrected chi connectivity index (χ4v) is 1.37. The van der Waals surface area contributed by atoms with Crippen LogP contribution in [0.25, 0.3) is 0 Å².